The van der Waals surface area contributed by atoms with E-state index in [-0.39, 0.29) is 11.9 Å². The van der Waals surface area contributed by atoms with Gasteiger partial charge in [0.1, 0.15) is 5.75 Å². The molecule has 100 valence electrons. The molecule has 1 rings (SSSR count). The van der Waals surface area contributed by atoms with Crippen molar-refractivity contribution in [1.82, 2.24) is 4.90 Å². The van der Waals surface area contributed by atoms with Crippen molar-refractivity contribution in [1.29, 1.82) is 0 Å². The molecule has 0 saturated carbocycles. The molecular weight excluding hydrogens is 226 g/mol. The van der Waals surface area contributed by atoms with Crippen LogP contribution in [0, 0.1) is 0 Å². The first-order chi connectivity index (χ1) is 8.61. The summed E-state index contributed by atoms with van der Waals surface area (Å²) in [6.45, 7) is 4.12. The van der Waals surface area contributed by atoms with E-state index in [9.17, 15) is 4.79 Å². The van der Waals surface area contributed by atoms with Crippen LogP contribution in [0.25, 0.3) is 0 Å². The fourth-order valence-electron chi connectivity index (χ4n) is 1.94. The number of carbonyl (C=O) groups is 1. The Morgan fingerprint density at radius 2 is 2.06 bits per heavy atom. The third-order valence-corrected chi connectivity index (χ3v) is 3.31. The molecule has 1 aromatic carbocycles. The van der Waals surface area contributed by atoms with Crippen molar-refractivity contribution in [2.45, 2.75) is 39.2 Å². The van der Waals surface area contributed by atoms with Crippen LogP contribution in [0.1, 0.15) is 44.7 Å². The Bertz CT molecular complexity index is 390. The molecule has 3 nitrogen and oxygen atoms in total. The summed E-state index contributed by atoms with van der Waals surface area (Å²) < 4.78 is 5.34. The average molecular weight is 249 g/mol. The zero-order chi connectivity index (χ0) is 13.5. The van der Waals surface area contributed by atoms with Gasteiger partial charge in [0.05, 0.1) is 13.2 Å². The quantitative estimate of drug-likeness (QED) is 0.773. The number of carbonyl (C=O) groups excluding carboxylic acids is 1. The molecule has 1 aromatic rings. The number of ether oxygens (including phenoxy) is 1. The van der Waals surface area contributed by atoms with Crippen LogP contribution in [0.4, 0.5) is 0 Å². The zero-order valence-corrected chi connectivity index (χ0v) is 11.8. The predicted octanol–water partition coefficient (Wildman–Crippen LogP) is 3.40. The summed E-state index contributed by atoms with van der Waals surface area (Å²) in [5.74, 6) is 1.02. The number of unbranched alkanes of at least 4 members (excludes halogenated alkanes) is 1. The second-order valence-corrected chi connectivity index (χ2v) is 4.53. The van der Waals surface area contributed by atoms with Crippen LogP contribution in [0.2, 0.25) is 0 Å². The highest BCUT2D eigenvalue weighted by molar-refractivity contribution is 5.76. The fraction of sp³-hybridized carbons (Fsp3) is 0.533. The Labute approximate surface area is 110 Å². The van der Waals surface area contributed by atoms with Gasteiger partial charge in [-0.05, 0) is 19.4 Å². The van der Waals surface area contributed by atoms with Crippen LogP contribution in [-0.2, 0) is 4.79 Å². The Morgan fingerprint density at radius 3 is 2.67 bits per heavy atom. The molecule has 0 heterocycles. The van der Waals surface area contributed by atoms with Gasteiger partial charge in [-0.2, -0.15) is 0 Å². The second kappa shape index (κ2) is 7.04. The number of nitrogens with zero attached hydrogens (tertiary/aromatic N) is 1. The van der Waals surface area contributed by atoms with Crippen LogP contribution in [0.5, 0.6) is 5.75 Å². The van der Waals surface area contributed by atoms with Crippen molar-refractivity contribution in [3.8, 4) is 5.75 Å². The first-order valence-electron chi connectivity index (χ1n) is 6.50. The van der Waals surface area contributed by atoms with E-state index in [4.69, 9.17) is 4.74 Å². The summed E-state index contributed by atoms with van der Waals surface area (Å²) in [6.07, 6.45) is 2.61. The van der Waals surface area contributed by atoms with Crippen LogP contribution in [0.15, 0.2) is 24.3 Å². The molecular formula is C15H23NO2. The van der Waals surface area contributed by atoms with E-state index in [2.05, 4.69) is 6.92 Å². The Morgan fingerprint density at radius 1 is 1.39 bits per heavy atom. The average Bonchev–Trinajstić information content (AvgIpc) is 2.42. The molecule has 1 unspecified atom stereocenters. The smallest absolute Gasteiger partial charge is 0.222 e. The van der Waals surface area contributed by atoms with Crippen molar-refractivity contribution in [2.75, 3.05) is 14.2 Å². The SMILES string of the molecule is CCCCC(=O)N(C)C(C)c1ccccc1OC. The number of hydrogen-bond donors (Lipinski definition) is 0. The minimum Gasteiger partial charge on any atom is -0.496 e. The Hall–Kier alpha value is -1.51. The molecule has 18 heavy (non-hydrogen) atoms. The van der Waals surface area contributed by atoms with E-state index in [0.717, 1.165) is 24.2 Å². The lowest BCUT2D eigenvalue weighted by molar-refractivity contribution is -0.131. The lowest BCUT2D eigenvalue weighted by atomic mass is 10.1. The molecule has 1 amide bonds. The van der Waals surface area contributed by atoms with Crippen LogP contribution in [-0.4, -0.2) is 25.0 Å². The molecule has 3 heteroatoms. The maximum absolute atomic E-state index is 12.0. The second-order valence-electron chi connectivity index (χ2n) is 4.53. The number of hydrogen-bond acceptors (Lipinski definition) is 2. The van der Waals surface area contributed by atoms with Crippen molar-refractivity contribution in [3.63, 3.8) is 0 Å². The van der Waals surface area contributed by atoms with E-state index in [0.29, 0.717) is 6.42 Å². The monoisotopic (exact) mass is 249 g/mol. The maximum atomic E-state index is 12.0. The molecule has 0 bridgehead atoms. The van der Waals surface area contributed by atoms with E-state index in [1.54, 1.807) is 12.0 Å². The molecule has 0 aliphatic carbocycles. The largest absolute Gasteiger partial charge is 0.496 e. The van der Waals surface area contributed by atoms with Gasteiger partial charge in [-0.1, -0.05) is 31.5 Å². The van der Waals surface area contributed by atoms with Gasteiger partial charge in [-0.25, -0.2) is 0 Å². The highest BCUT2D eigenvalue weighted by Crippen LogP contribution is 2.28. The summed E-state index contributed by atoms with van der Waals surface area (Å²) >= 11 is 0. The summed E-state index contributed by atoms with van der Waals surface area (Å²) in [7, 11) is 3.51. The van der Waals surface area contributed by atoms with Crippen LogP contribution < -0.4 is 4.74 Å². The van der Waals surface area contributed by atoms with Crippen molar-refractivity contribution in [3.05, 3.63) is 29.8 Å². The van der Waals surface area contributed by atoms with Crippen LogP contribution in [0.3, 0.4) is 0 Å². The Kier molecular flexibility index (Phi) is 5.69. The predicted molar refractivity (Wildman–Crippen MR) is 73.7 cm³/mol. The molecule has 0 N–H and O–H groups in total. The molecule has 0 aliphatic heterocycles. The van der Waals surface area contributed by atoms with E-state index in [1.807, 2.05) is 38.2 Å². The summed E-state index contributed by atoms with van der Waals surface area (Å²) in [6, 6.07) is 7.88. The third kappa shape index (κ3) is 3.49. The Balaban J connectivity index is 2.79. The molecule has 0 spiro atoms. The molecule has 0 fully saturated rings. The van der Waals surface area contributed by atoms with Gasteiger partial charge in [0.2, 0.25) is 5.91 Å². The van der Waals surface area contributed by atoms with Gasteiger partial charge in [0.15, 0.2) is 0 Å². The normalized spacial score (nSPS) is 12.0. The molecule has 0 aromatic heterocycles. The summed E-state index contributed by atoms with van der Waals surface area (Å²) in [4.78, 5) is 13.8. The van der Waals surface area contributed by atoms with Gasteiger partial charge < -0.3 is 9.64 Å². The summed E-state index contributed by atoms with van der Waals surface area (Å²) in [5.41, 5.74) is 1.05. The summed E-state index contributed by atoms with van der Waals surface area (Å²) in [5, 5.41) is 0. The molecule has 1 atom stereocenters. The van der Waals surface area contributed by atoms with E-state index in [1.165, 1.54) is 0 Å². The third-order valence-electron chi connectivity index (χ3n) is 3.31. The van der Waals surface area contributed by atoms with Crippen LogP contribution >= 0.6 is 0 Å². The first kappa shape index (κ1) is 14.6. The fourth-order valence-corrected chi connectivity index (χ4v) is 1.94. The highest BCUT2D eigenvalue weighted by Gasteiger charge is 2.19. The number of benzene rings is 1. The van der Waals surface area contributed by atoms with Gasteiger partial charge in [-0.15, -0.1) is 0 Å². The highest BCUT2D eigenvalue weighted by atomic mass is 16.5. The van der Waals surface area contributed by atoms with Crippen molar-refractivity contribution in [2.24, 2.45) is 0 Å². The van der Waals surface area contributed by atoms with Gasteiger partial charge in [0, 0.05) is 19.0 Å². The van der Waals surface area contributed by atoms with Gasteiger partial charge >= 0.3 is 0 Å². The molecule has 0 radical (unpaired) electrons. The lowest BCUT2D eigenvalue weighted by Crippen LogP contribution is -2.29. The van der Waals surface area contributed by atoms with Crippen molar-refractivity contribution < 1.29 is 9.53 Å². The first-order valence-corrected chi connectivity index (χ1v) is 6.50. The topological polar surface area (TPSA) is 29.5 Å². The zero-order valence-electron chi connectivity index (χ0n) is 11.8. The number of rotatable bonds is 6. The number of para-hydroxylation sites is 1. The maximum Gasteiger partial charge on any atom is 0.222 e. The van der Waals surface area contributed by atoms with Gasteiger partial charge in [0.25, 0.3) is 0 Å². The van der Waals surface area contributed by atoms with Gasteiger partial charge in [-0.3, -0.25) is 4.79 Å². The molecule has 0 aliphatic rings. The van der Waals surface area contributed by atoms with E-state index < -0.39 is 0 Å². The number of amides is 1. The molecule has 0 saturated heterocycles. The number of methoxy groups -OCH3 is 1. The van der Waals surface area contributed by atoms with E-state index >= 15 is 0 Å². The minimum absolute atomic E-state index is 0.0329. The standard InChI is InChI=1S/C15H23NO2/c1-5-6-11-15(17)16(3)12(2)13-9-7-8-10-14(13)18-4/h7-10,12H,5-6,11H2,1-4H3. The van der Waals surface area contributed by atoms with Crippen molar-refractivity contribution >= 4 is 5.91 Å². The minimum atomic E-state index is 0.0329. The lowest BCUT2D eigenvalue weighted by Gasteiger charge is -2.26.